The second kappa shape index (κ2) is 7.47. The number of fused-ring (bicyclic) bond motifs is 3. The van der Waals surface area contributed by atoms with Crippen molar-refractivity contribution in [2.75, 3.05) is 12.4 Å². The van der Waals surface area contributed by atoms with E-state index in [4.69, 9.17) is 4.98 Å². The Kier molecular flexibility index (Phi) is 4.63. The third kappa shape index (κ3) is 3.40. The molecule has 4 heterocycles. The average Bonchev–Trinajstić information content (AvgIpc) is 3.50. The molecule has 0 aliphatic rings. The van der Waals surface area contributed by atoms with Crippen LogP contribution in [0.4, 0.5) is 5.82 Å². The van der Waals surface area contributed by atoms with Gasteiger partial charge in [-0.3, -0.25) is 4.79 Å². The van der Waals surface area contributed by atoms with Crippen molar-refractivity contribution >= 4 is 44.4 Å². The van der Waals surface area contributed by atoms with Crippen molar-refractivity contribution in [3.8, 4) is 10.6 Å². The zero-order valence-electron chi connectivity index (χ0n) is 17.2. The number of thiazole rings is 1. The molecule has 0 radical (unpaired) electrons. The molecule has 9 nitrogen and oxygen atoms in total. The fraction of sp³-hybridized carbons (Fsp3) is 0.190. The summed E-state index contributed by atoms with van der Waals surface area (Å²) in [6, 6.07) is 8.01. The Morgan fingerprint density at radius 2 is 1.90 bits per heavy atom. The van der Waals surface area contributed by atoms with Gasteiger partial charge in [0.2, 0.25) is 0 Å². The normalized spacial score (nSPS) is 11.3. The lowest BCUT2D eigenvalue weighted by atomic mass is 10.1. The Balaban J connectivity index is 1.40. The number of anilines is 1. The fourth-order valence-corrected chi connectivity index (χ4v) is 4.54. The molecule has 1 amide bonds. The number of nitrogens with zero attached hydrogens (tertiary/aromatic N) is 6. The van der Waals surface area contributed by atoms with Gasteiger partial charge in [0.05, 0.1) is 18.2 Å². The van der Waals surface area contributed by atoms with Crippen LogP contribution in [0, 0.1) is 0 Å². The van der Waals surface area contributed by atoms with Crippen molar-refractivity contribution in [2.24, 2.45) is 14.1 Å². The van der Waals surface area contributed by atoms with Crippen LogP contribution in [-0.4, -0.2) is 42.0 Å². The van der Waals surface area contributed by atoms with Crippen molar-refractivity contribution in [3.63, 3.8) is 0 Å². The number of hydrogen-bond acceptors (Lipinski definition) is 7. The number of hydrogen-bond donors (Lipinski definition) is 2. The van der Waals surface area contributed by atoms with E-state index in [2.05, 4.69) is 25.6 Å². The van der Waals surface area contributed by atoms with Gasteiger partial charge in [0.25, 0.3) is 5.91 Å². The van der Waals surface area contributed by atoms with Gasteiger partial charge >= 0.3 is 0 Å². The molecule has 0 unspecified atom stereocenters. The van der Waals surface area contributed by atoms with Gasteiger partial charge in [-0.05, 0) is 5.56 Å². The van der Waals surface area contributed by atoms with Gasteiger partial charge in [0.1, 0.15) is 20.9 Å². The summed E-state index contributed by atoms with van der Waals surface area (Å²) in [5, 5.41) is 6.89. The quantitative estimate of drug-likeness (QED) is 0.443. The number of amides is 1. The van der Waals surface area contributed by atoms with Crippen LogP contribution in [0.15, 0.2) is 43.1 Å². The van der Waals surface area contributed by atoms with Crippen LogP contribution in [0.5, 0.6) is 0 Å². The molecule has 156 valence electrons. The molecular weight excluding hydrogens is 412 g/mol. The topological polar surface area (TPSA) is 103 Å². The van der Waals surface area contributed by atoms with Crippen LogP contribution >= 0.6 is 11.3 Å². The fourth-order valence-electron chi connectivity index (χ4n) is 3.44. The number of aryl methyl sites for hydroxylation is 2. The van der Waals surface area contributed by atoms with E-state index in [0.717, 1.165) is 37.7 Å². The monoisotopic (exact) mass is 432 g/mol. The molecule has 0 fully saturated rings. The SMILES string of the molecule is CNc1nc2nc(-c3ccc(CNC(=O)c4cn(C)cn4)cc3)sc2c2c1ncn2C. The van der Waals surface area contributed by atoms with E-state index in [1.165, 1.54) is 0 Å². The number of benzene rings is 1. The number of nitrogens with one attached hydrogen (secondary N) is 2. The van der Waals surface area contributed by atoms with Crippen LogP contribution in [0.2, 0.25) is 0 Å². The summed E-state index contributed by atoms with van der Waals surface area (Å²) in [6.45, 7) is 0.429. The largest absolute Gasteiger partial charge is 0.371 e. The zero-order chi connectivity index (χ0) is 21.5. The maximum absolute atomic E-state index is 12.2. The molecular formula is C21H20N8OS. The molecule has 2 N–H and O–H groups in total. The van der Waals surface area contributed by atoms with Crippen LogP contribution < -0.4 is 10.6 Å². The van der Waals surface area contributed by atoms with Crippen molar-refractivity contribution in [1.82, 2.24) is 34.4 Å². The number of carbonyl (C=O) groups is 1. The first-order chi connectivity index (χ1) is 15.0. The Morgan fingerprint density at radius 1 is 1.10 bits per heavy atom. The Hall–Kier alpha value is -3.79. The molecule has 0 saturated heterocycles. The lowest BCUT2D eigenvalue weighted by Gasteiger charge is -2.04. The van der Waals surface area contributed by atoms with E-state index >= 15 is 0 Å². The minimum absolute atomic E-state index is 0.192. The predicted octanol–water partition coefficient (Wildman–Crippen LogP) is 2.95. The first kappa shape index (κ1) is 19.2. The van der Waals surface area contributed by atoms with E-state index in [1.54, 1.807) is 34.8 Å². The first-order valence-corrected chi connectivity index (χ1v) is 10.5. The van der Waals surface area contributed by atoms with Crippen molar-refractivity contribution in [2.45, 2.75) is 6.54 Å². The summed E-state index contributed by atoms with van der Waals surface area (Å²) in [7, 11) is 5.64. The predicted molar refractivity (Wildman–Crippen MR) is 121 cm³/mol. The van der Waals surface area contributed by atoms with E-state index in [0.29, 0.717) is 17.9 Å². The van der Waals surface area contributed by atoms with Crippen molar-refractivity contribution in [3.05, 3.63) is 54.4 Å². The van der Waals surface area contributed by atoms with Crippen LogP contribution in [0.3, 0.4) is 0 Å². The molecule has 0 spiro atoms. The highest BCUT2D eigenvalue weighted by Gasteiger charge is 2.17. The minimum Gasteiger partial charge on any atom is -0.371 e. The van der Waals surface area contributed by atoms with Gasteiger partial charge in [-0.2, -0.15) is 0 Å². The summed E-state index contributed by atoms with van der Waals surface area (Å²) >= 11 is 1.60. The molecule has 31 heavy (non-hydrogen) atoms. The number of carbonyl (C=O) groups excluding carboxylic acids is 1. The highest BCUT2D eigenvalue weighted by atomic mass is 32.1. The van der Waals surface area contributed by atoms with Gasteiger partial charge < -0.3 is 19.8 Å². The van der Waals surface area contributed by atoms with E-state index in [9.17, 15) is 4.79 Å². The maximum atomic E-state index is 12.2. The van der Waals surface area contributed by atoms with Gasteiger partial charge in [0, 0.05) is 39.4 Å². The number of rotatable bonds is 5. The molecule has 5 aromatic rings. The highest BCUT2D eigenvalue weighted by Crippen LogP contribution is 2.35. The van der Waals surface area contributed by atoms with Gasteiger partial charge in [-0.25, -0.2) is 19.9 Å². The van der Waals surface area contributed by atoms with Gasteiger partial charge in [0.15, 0.2) is 11.5 Å². The lowest BCUT2D eigenvalue weighted by Crippen LogP contribution is -2.23. The molecule has 0 aliphatic carbocycles. The number of pyridine rings is 1. The minimum atomic E-state index is -0.192. The van der Waals surface area contributed by atoms with Crippen molar-refractivity contribution in [1.29, 1.82) is 0 Å². The number of imidazole rings is 2. The standard InChI is InChI=1S/C21H20N8OS/c1-22-18-15-16(29(3)11-25-15)17-19(26-18)27-21(31-17)13-6-4-12(5-7-13)8-23-20(30)14-9-28(2)10-24-14/h4-7,9-11H,8H2,1-3H3,(H,22,26)(H,23,30). The third-order valence-electron chi connectivity index (χ3n) is 5.03. The van der Waals surface area contributed by atoms with Crippen molar-refractivity contribution < 1.29 is 4.79 Å². The molecule has 5 rings (SSSR count). The third-order valence-corrected chi connectivity index (χ3v) is 6.13. The molecule has 0 bridgehead atoms. The van der Waals surface area contributed by atoms with Gasteiger partial charge in [-0.15, -0.1) is 11.3 Å². The van der Waals surface area contributed by atoms with E-state index < -0.39 is 0 Å². The maximum Gasteiger partial charge on any atom is 0.271 e. The smallest absolute Gasteiger partial charge is 0.271 e. The zero-order valence-corrected chi connectivity index (χ0v) is 18.1. The molecule has 0 saturated carbocycles. The molecule has 10 heteroatoms. The van der Waals surface area contributed by atoms with E-state index in [-0.39, 0.29) is 5.91 Å². The molecule has 0 atom stereocenters. The molecule has 1 aromatic carbocycles. The Bertz CT molecular complexity index is 1410. The Labute approximate surface area is 181 Å². The summed E-state index contributed by atoms with van der Waals surface area (Å²) in [6.07, 6.45) is 5.09. The van der Waals surface area contributed by atoms with Crippen LogP contribution in [0.25, 0.3) is 32.0 Å². The van der Waals surface area contributed by atoms with Crippen LogP contribution in [0.1, 0.15) is 16.1 Å². The average molecular weight is 433 g/mol. The molecule has 4 aromatic heterocycles. The lowest BCUT2D eigenvalue weighted by molar-refractivity contribution is 0.0946. The first-order valence-electron chi connectivity index (χ1n) is 9.68. The summed E-state index contributed by atoms with van der Waals surface area (Å²) in [5.41, 5.74) is 4.97. The molecule has 0 aliphatic heterocycles. The van der Waals surface area contributed by atoms with Crippen LogP contribution in [-0.2, 0) is 20.6 Å². The summed E-state index contributed by atoms with van der Waals surface area (Å²) in [5.74, 6) is 0.529. The van der Waals surface area contributed by atoms with Gasteiger partial charge in [-0.1, -0.05) is 24.3 Å². The summed E-state index contributed by atoms with van der Waals surface area (Å²) < 4.78 is 4.75. The number of aromatic nitrogens is 6. The highest BCUT2D eigenvalue weighted by molar-refractivity contribution is 7.22. The second-order valence-electron chi connectivity index (χ2n) is 7.24. The summed E-state index contributed by atoms with van der Waals surface area (Å²) in [4.78, 5) is 30.1. The Morgan fingerprint density at radius 3 is 2.61 bits per heavy atom. The second-order valence-corrected chi connectivity index (χ2v) is 8.24. The van der Waals surface area contributed by atoms with E-state index in [1.807, 2.05) is 50.0 Å².